The highest BCUT2D eigenvalue weighted by molar-refractivity contribution is 5.92. The van der Waals surface area contributed by atoms with Crippen molar-refractivity contribution in [3.8, 4) is 5.75 Å². The number of aryl methyl sites for hydroxylation is 2. The normalized spacial score (nSPS) is 10.2. The average Bonchev–Trinajstić information content (AvgIpc) is 2.55. The van der Waals surface area contributed by atoms with Gasteiger partial charge in [-0.1, -0.05) is 17.7 Å². The SMILES string of the molecule is Cc1ccc(OCC(=O)OCC(=O)Nc2ccc(F)cc2F)c(C)c1. The Kier molecular flexibility index (Phi) is 6.05. The molecule has 2 rings (SSSR count). The molecule has 0 atom stereocenters. The summed E-state index contributed by atoms with van der Waals surface area (Å²) in [5.41, 5.74) is 1.74. The van der Waals surface area contributed by atoms with Crippen molar-refractivity contribution in [3.05, 3.63) is 59.2 Å². The van der Waals surface area contributed by atoms with Gasteiger partial charge in [-0.15, -0.1) is 0 Å². The topological polar surface area (TPSA) is 64.6 Å². The number of anilines is 1. The van der Waals surface area contributed by atoms with Gasteiger partial charge in [0.25, 0.3) is 5.91 Å². The summed E-state index contributed by atoms with van der Waals surface area (Å²) >= 11 is 0. The molecule has 25 heavy (non-hydrogen) atoms. The van der Waals surface area contributed by atoms with Crippen molar-refractivity contribution < 1.29 is 27.8 Å². The standard InChI is InChI=1S/C18H17F2NO4/c1-11-3-6-16(12(2)7-11)24-10-18(23)25-9-17(22)21-15-5-4-13(19)8-14(15)20/h3-8H,9-10H2,1-2H3,(H,21,22). The molecule has 0 bridgehead atoms. The van der Waals surface area contributed by atoms with E-state index in [0.29, 0.717) is 11.8 Å². The Morgan fingerprint density at radius 2 is 1.80 bits per heavy atom. The number of hydrogen-bond donors (Lipinski definition) is 1. The molecule has 0 heterocycles. The van der Waals surface area contributed by atoms with Gasteiger partial charge in [0.2, 0.25) is 0 Å². The molecular formula is C18H17F2NO4. The molecule has 2 aromatic carbocycles. The summed E-state index contributed by atoms with van der Waals surface area (Å²) in [7, 11) is 0. The second kappa shape index (κ2) is 8.23. The molecule has 0 aliphatic carbocycles. The number of halogens is 2. The maximum Gasteiger partial charge on any atom is 0.344 e. The van der Waals surface area contributed by atoms with Gasteiger partial charge in [0.15, 0.2) is 13.2 Å². The molecule has 0 aromatic heterocycles. The number of amides is 1. The lowest BCUT2D eigenvalue weighted by Crippen LogP contribution is -2.24. The molecule has 0 saturated carbocycles. The summed E-state index contributed by atoms with van der Waals surface area (Å²) < 4.78 is 36.3. The van der Waals surface area contributed by atoms with Crippen LogP contribution in [0.4, 0.5) is 14.5 Å². The summed E-state index contributed by atoms with van der Waals surface area (Å²) in [6.45, 7) is 2.82. The minimum atomic E-state index is -0.919. The Morgan fingerprint density at radius 1 is 1.04 bits per heavy atom. The molecule has 0 fully saturated rings. The first-order valence-electron chi connectivity index (χ1n) is 7.45. The van der Waals surface area contributed by atoms with Crippen molar-refractivity contribution in [2.24, 2.45) is 0 Å². The van der Waals surface area contributed by atoms with Crippen LogP contribution in [0.1, 0.15) is 11.1 Å². The van der Waals surface area contributed by atoms with Gasteiger partial charge in [0.1, 0.15) is 17.4 Å². The molecule has 0 spiro atoms. The van der Waals surface area contributed by atoms with Gasteiger partial charge in [-0.05, 0) is 37.6 Å². The Morgan fingerprint density at radius 3 is 2.48 bits per heavy atom. The van der Waals surface area contributed by atoms with E-state index in [2.05, 4.69) is 5.32 Å². The molecule has 0 saturated heterocycles. The van der Waals surface area contributed by atoms with Gasteiger partial charge in [0.05, 0.1) is 5.69 Å². The largest absolute Gasteiger partial charge is 0.482 e. The quantitative estimate of drug-likeness (QED) is 0.814. The van der Waals surface area contributed by atoms with Crippen molar-refractivity contribution >= 4 is 17.6 Å². The molecule has 5 nitrogen and oxygen atoms in total. The van der Waals surface area contributed by atoms with E-state index in [9.17, 15) is 18.4 Å². The molecule has 7 heteroatoms. The molecule has 2 aromatic rings. The Labute approximate surface area is 143 Å². The number of nitrogens with one attached hydrogen (secondary N) is 1. The van der Waals surface area contributed by atoms with Gasteiger partial charge in [-0.2, -0.15) is 0 Å². The zero-order valence-corrected chi connectivity index (χ0v) is 13.8. The van der Waals surface area contributed by atoms with Crippen LogP contribution >= 0.6 is 0 Å². The summed E-state index contributed by atoms with van der Waals surface area (Å²) in [5, 5.41) is 2.18. The molecule has 132 valence electrons. The molecule has 1 amide bonds. The number of carbonyl (C=O) groups excluding carboxylic acids is 2. The van der Waals surface area contributed by atoms with Crippen molar-refractivity contribution in [3.63, 3.8) is 0 Å². The maximum atomic E-state index is 13.4. The van der Waals surface area contributed by atoms with Crippen LogP contribution in [-0.2, 0) is 14.3 Å². The van der Waals surface area contributed by atoms with Crippen LogP contribution in [0.25, 0.3) is 0 Å². The fourth-order valence-corrected chi connectivity index (χ4v) is 2.06. The number of esters is 1. The highest BCUT2D eigenvalue weighted by Gasteiger charge is 2.12. The van der Waals surface area contributed by atoms with Crippen molar-refractivity contribution in [1.29, 1.82) is 0 Å². The van der Waals surface area contributed by atoms with Gasteiger partial charge in [-0.3, -0.25) is 4.79 Å². The summed E-state index contributed by atoms with van der Waals surface area (Å²) in [6, 6.07) is 8.21. The molecule has 0 aliphatic rings. The highest BCUT2D eigenvalue weighted by Crippen LogP contribution is 2.18. The van der Waals surface area contributed by atoms with E-state index >= 15 is 0 Å². The van der Waals surface area contributed by atoms with Gasteiger partial charge in [0, 0.05) is 6.07 Å². The zero-order chi connectivity index (χ0) is 18.4. The van der Waals surface area contributed by atoms with Crippen LogP contribution in [0.3, 0.4) is 0 Å². The lowest BCUT2D eigenvalue weighted by atomic mass is 10.1. The predicted octanol–water partition coefficient (Wildman–Crippen LogP) is 3.14. The zero-order valence-electron chi connectivity index (χ0n) is 13.8. The third kappa shape index (κ3) is 5.56. The Bertz CT molecular complexity index is 793. The first-order chi connectivity index (χ1) is 11.8. The molecule has 1 N–H and O–H groups in total. The molecule has 0 aliphatic heterocycles. The van der Waals surface area contributed by atoms with Crippen LogP contribution in [0.5, 0.6) is 5.75 Å². The van der Waals surface area contributed by atoms with Crippen LogP contribution in [-0.4, -0.2) is 25.1 Å². The van der Waals surface area contributed by atoms with Crippen LogP contribution in [0.15, 0.2) is 36.4 Å². The van der Waals surface area contributed by atoms with E-state index < -0.39 is 30.1 Å². The molecule has 0 radical (unpaired) electrons. The van der Waals surface area contributed by atoms with E-state index in [-0.39, 0.29) is 12.3 Å². The highest BCUT2D eigenvalue weighted by atomic mass is 19.1. The number of carbonyl (C=O) groups is 2. The van der Waals surface area contributed by atoms with Gasteiger partial charge < -0.3 is 14.8 Å². The fraction of sp³-hybridized carbons (Fsp3) is 0.222. The van der Waals surface area contributed by atoms with Gasteiger partial charge in [-0.25, -0.2) is 13.6 Å². The summed E-state index contributed by atoms with van der Waals surface area (Å²) in [4.78, 5) is 23.2. The minimum Gasteiger partial charge on any atom is -0.482 e. The van der Waals surface area contributed by atoms with Crippen molar-refractivity contribution in [2.45, 2.75) is 13.8 Å². The second-order valence-corrected chi connectivity index (χ2v) is 5.39. The van der Waals surface area contributed by atoms with Crippen molar-refractivity contribution in [2.75, 3.05) is 18.5 Å². The van der Waals surface area contributed by atoms with E-state index in [1.807, 2.05) is 26.0 Å². The number of ether oxygens (including phenoxy) is 2. The first-order valence-corrected chi connectivity index (χ1v) is 7.45. The number of benzene rings is 2. The Hall–Kier alpha value is -2.96. The Balaban J connectivity index is 1.78. The second-order valence-electron chi connectivity index (χ2n) is 5.39. The minimum absolute atomic E-state index is 0.200. The molecule has 0 unspecified atom stereocenters. The van der Waals surface area contributed by atoms with E-state index in [0.717, 1.165) is 23.3 Å². The average molecular weight is 349 g/mol. The van der Waals surface area contributed by atoms with Crippen LogP contribution in [0, 0.1) is 25.5 Å². The predicted molar refractivity (Wildman–Crippen MR) is 87.4 cm³/mol. The summed E-state index contributed by atoms with van der Waals surface area (Å²) in [5.74, 6) is -2.62. The monoisotopic (exact) mass is 349 g/mol. The lowest BCUT2D eigenvalue weighted by Gasteiger charge is -2.10. The third-order valence-corrected chi connectivity index (χ3v) is 3.25. The smallest absolute Gasteiger partial charge is 0.344 e. The number of hydrogen-bond acceptors (Lipinski definition) is 4. The number of rotatable bonds is 6. The van der Waals surface area contributed by atoms with E-state index in [1.54, 1.807) is 6.07 Å². The summed E-state index contributed by atoms with van der Waals surface area (Å²) in [6.07, 6.45) is 0. The van der Waals surface area contributed by atoms with E-state index in [1.165, 1.54) is 0 Å². The lowest BCUT2D eigenvalue weighted by molar-refractivity contribution is -0.149. The fourth-order valence-electron chi connectivity index (χ4n) is 2.06. The van der Waals surface area contributed by atoms with Crippen molar-refractivity contribution in [1.82, 2.24) is 0 Å². The van der Waals surface area contributed by atoms with E-state index in [4.69, 9.17) is 9.47 Å². The first kappa shape index (κ1) is 18.4. The van der Waals surface area contributed by atoms with Crippen LogP contribution < -0.4 is 10.1 Å². The van der Waals surface area contributed by atoms with Crippen LogP contribution in [0.2, 0.25) is 0 Å². The maximum absolute atomic E-state index is 13.4. The molecular weight excluding hydrogens is 332 g/mol. The van der Waals surface area contributed by atoms with Gasteiger partial charge >= 0.3 is 5.97 Å². The third-order valence-electron chi connectivity index (χ3n) is 3.25.